The average Bonchev–Trinajstić information content (AvgIpc) is 3.76. The lowest BCUT2D eigenvalue weighted by Crippen LogP contribution is -2.35. The molecule has 0 amide bonds. The van der Waals surface area contributed by atoms with Crippen molar-refractivity contribution in [1.82, 2.24) is 39.0 Å². The van der Waals surface area contributed by atoms with Crippen molar-refractivity contribution in [3.63, 3.8) is 0 Å². The summed E-state index contributed by atoms with van der Waals surface area (Å²) in [7, 11) is -8.38. The van der Waals surface area contributed by atoms with Gasteiger partial charge in [-0.05, 0) is 0 Å². The van der Waals surface area contributed by atoms with Gasteiger partial charge in [0, 0.05) is 0 Å². The van der Waals surface area contributed by atoms with Crippen molar-refractivity contribution in [2.75, 3.05) is 31.0 Å². The summed E-state index contributed by atoms with van der Waals surface area (Å²) in [5.41, 5.74) is 12.1. The second-order valence-corrected chi connectivity index (χ2v) is 12.4. The van der Waals surface area contributed by atoms with Gasteiger partial charge in [0.25, 0.3) is 0 Å². The topological polar surface area (TPSA) is 280 Å². The Morgan fingerprint density at radius 1 is 0.911 bits per heavy atom. The highest BCUT2D eigenvalue weighted by atomic mass is 31.2. The van der Waals surface area contributed by atoms with Crippen LogP contribution in [-0.4, -0.2) is 110 Å². The zero-order valence-corrected chi connectivity index (χ0v) is 24.6. The van der Waals surface area contributed by atoms with Gasteiger partial charge < -0.3 is 40.6 Å². The fourth-order valence-electron chi connectivity index (χ4n) is 5.07. The van der Waals surface area contributed by atoms with Crippen LogP contribution in [0.1, 0.15) is 12.5 Å². The number of hydrogen-bond acceptors (Lipinski definition) is 16. The quantitative estimate of drug-likeness (QED) is 0.126. The van der Waals surface area contributed by atoms with Crippen molar-refractivity contribution in [2.45, 2.75) is 49.2 Å². The minimum Gasteiger partial charge on any atom is -0.394 e. The van der Waals surface area contributed by atoms with Gasteiger partial charge in [-0.2, -0.15) is 0 Å². The summed E-state index contributed by atoms with van der Waals surface area (Å²) in [6, 6.07) is 0. The Balaban J connectivity index is 1.18. The molecule has 0 radical (unpaired) electrons. The number of nitrogens with two attached hydrogens (primary N) is 2. The summed E-state index contributed by atoms with van der Waals surface area (Å²) in [6.07, 6.45) is -9.59. The van der Waals surface area contributed by atoms with Crippen LogP contribution in [0.15, 0.2) is 25.3 Å². The van der Waals surface area contributed by atoms with Crippen LogP contribution < -0.4 is 11.5 Å². The molecule has 0 aromatic carbocycles. The highest BCUT2D eigenvalue weighted by Crippen LogP contribution is 2.50. The summed E-state index contributed by atoms with van der Waals surface area (Å²) in [6.45, 7) is -1.67. The number of ether oxygens (including phenoxy) is 3. The van der Waals surface area contributed by atoms with Gasteiger partial charge in [-0.3, -0.25) is 22.7 Å². The van der Waals surface area contributed by atoms with E-state index in [1.807, 2.05) is 0 Å². The number of anilines is 2. The summed E-state index contributed by atoms with van der Waals surface area (Å²) in [5, 5.41) is 9.81. The number of aliphatic hydroxyl groups is 1. The molecule has 4 aromatic heterocycles. The molecule has 0 spiro atoms. The number of hydrogen-bond donors (Lipinski definition) is 5. The molecule has 7 N–H and O–H groups in total. The molecule has 2 fully saturated rings. The SMILES string of the molecule is Nc1ncnc2c1ncn2[C@@H]1O[C@H](CO)C(OP(=O)(O)OC[C@H]2O[C@@H](n3cnc4c(N)ncnc43)[C@@H](F)C2OC[PH](=O)O)C1F. The van der Waals surface area contributed by atoms with Crippen molar-refractivity contribution in [3.05, 3.63) is 25.3 Å². The Morgan fingerprint density at radius 2 is 1.44 bits per heavy atom. The number of phosphoric acid groups is 1. The van der Waals surface area contributed by atoms with E-state index in [1.165, 1.54) is 17.2 Å². The first kappa shape index (κ1) is 31.7. The molecular formula is C21H26F2N10O10P2. The Morgan fingerprint density at radius 3 is 1.98 bits per heavy atom. The van der Waals surface area contributed by atoms with Crippen LogP contribution in [0.2, 0.25) is 0 Å². The Bertz CT molecular complexity index is 1770. The fraction of sp³-hybridized carbons (Fsp3) is 0.524. The number of halogens is 2. The molecule has 2 aliphatic heterocycles. The van der Waals surface area contributed by atoms with E-state index < -0.39 is 84.6 Å². The molecule has 10 atom stereocenters. The van der Waals surface area contributed by atoms with Crippen molar-refractivity contribution in [3.8, 4) is 0 Å². The zero-order valence-electron chi connectivity index (χ0n) is 22.7. The van der Waals surface area contributed by atoms with Gasteiger partial charge in [-0.15, -0.1) is 0 Å². The van der Waals surface area contributed by atoms with Crippen molar-refractivity contribution >= 4 is 49.8 Å². The molecule has 0 saturated carbocycles. The first-order valence-corrected chi connectivity index (χ1v) is 16.1. The zero-order chi connectivity index (χ0) is 32.0. The second kappa shape index (κ2) is 12.5. The normalized spacial score (nSPS) is 30.7. The predicted octanol–water partition coefficient (Wildman–Crippen LogP) is -0.394. The summed E-state index contributed by atoms with van der Waals surface area (Å²) in [4.78, 5) is 43.5. The number of aliphatic hydroxyl groups excluding tert-OH is 1. The predicted molar refractivity (Wildman–Crippen MR) is 146 cm³/mol. The van der Waals surface area contributed by atoms with Crippen LogP contribution in [0, 0.1) is 0 Å². The Hall–Kier alpha value is -3.30. The van der Waals surface area contributed by atoms with E-state index in [-0.39, 0.29) is 34.0 Å². The minimum atomic E-state index is -5.17. The van der Waals surface area contributed by atoms with E-state index in [1.54, 1.807) is 0 Å². The van der Waals surface area contributed by atoms with Crippen molar-refractivity contribution in [2.24, 2.45) is 0 Å². The lowest BCUT2D eigenvalue weighted by molar-refractivity contribution is -0.0618. The van der Waals surface area contributed by atoms with E-state index in [0.29, 0.717) is 0 Å². The monoisotopic (exact) mass is 678 g/mol. The van der Waals surface area contributed by atoms with Crippen LogP contribution in [0.25, 0.3) is 22.3 Å². The minimum absolute atomic E-state index is 0.0150. The molecule has 4 aromatic rings. The van der Waals surface area contributed by atoms with Gasteiger partial charge in [0.1, 0.15) is 54.5 Å². The largest absolute Gasteiger partial charge is 0.472 e. The molecule has 0 aliphatic carbocycles. The summed E-state index contributed by atoms with van der Waals surface area (Å²) in [5.74, 6) is 0.0346. The van der Waals surface area contributed by atoms with Gasteiger partial charge in [0.2, 0.25) is 8.03 Å². The van der Waals surface area contributed by atoms with Gasteiger partial charge in [0.15, 0.2) is 47.7 Å². The smallest absolute Gasteiger partial charge is 0.394 e. The van der Waals surface area contributed by atoms with E-state index in [2.05, 4.69) is 29.9 Å². The molecule has 6 heterocycles. The number of rotatable bonds is 11. The summed E-state index contributed by atoms with van der Waals surface area (Å²) < 4.78 is 84.6. The van der Waals surface area contributed by atoms with Crippen LogP contribution in [-0.2, 0) is 32.4 Å². The molecule has 244 valence electrons. The molecule has 0 bridgehead atoms. The molecule has 45 heavy (non-hydrogen) atoms. The number of alkyl halides is 2. The Kier molecular flexibility index (Phi) is 8.78. The van der Waals surface area contributed by atoms with Gasteiger partial charge in [-0.1, -0.05) is 0 Å². The molecule has 6 rings (SSSR count). The number of imidazole rings is 2. The van der Waals surface area contributed by atoms with E-state index in [9.17, 15) is 24.0 Å². The van der Waals surface area contributed by atoms with Crippen LogP contribution in [0.5, 0.6) is 0 Å². The lowest BCUT2D eigenvalue weighted by atomic mass is 10.1. The van der Waals surface area contributed by atoms with E-state index in [0.717, 1.165) is 17.2 Å². The van der Waals surface area contributed by atoms with Crippen LogP contribution in [0.4, 0.5) is 20.4 Å². The highest BCUT2D eigenvalue weighted by Gasteiger charge is 2.52. The molecule has 2 saturated heterocycles. The average molecular weight is 678 g/mol. The van der Waals surface area contributed by atoms with Gasteiger partial charge >= 0.3 is 7.82 Å². The standard InChI is InChI=1S/C21H26F2N10O10P2/c22-10-14(39-7-44(35)36)9(42-20(10)32-5-30-12-16(24)26-3-28-18(12)32)2-40-45(37,38)43-15-8(1-34)41-21(11(15)23)33-6-31-13-17(25)27-4-29-19(13)33/h3-6,8-11,14-15,20-21,34,44H,1-2,7H2,(H,35,36)(H,37,38)(H2,24,26,28)(H2,25,27,29)/t8-,9-,10+,11?,14?,15?,20-,21-/m1/s1. The van der Waals surface area contributed by atoms with Gasteiger partial charge in [-0.25, -0.2) is 43.2 Å². The number of phosphoric ester groups is 1. The van der Waals surface area contributed by atoms with Crippen molar-refractivity contribution < 1.29 is 56.1 Å². The van der Waals surface area contributed by atoms with E-state index >= 15 is 8.78 Å². The van der Waals surface area contributed by atoms with Crippen molar-refractivity contribution in [1.29, 1.82) is 0 Å². The summed E-state index contributed by atoms with van der Waals surface area (Å²) >= 11 is 0. The number of nitrogens with zero attached hydrogens (tertiary/aromatic N) is 8. The molecule has 2 aliphatic rings. The number of fused-ring (bicyclic) bond motifs is 2. The maximum absolute atomic E-state index is 15.7. The second-order valence-electron chi connectivity index (χ2n) is 9.87. The molecule has 5 unspecified atom stereocenters. The third-order valence-corrected chi connectivity index (χ3v) is 8.49. The van der Waals surface area contributed by atoms with Crippen LogP contribution >= 0.6 is 15.9 Å². The highest BCUT2D eigenvalue weighted by molar-refractivity contribution is 7.47. The maximum atomic E-state index is 15.7. The lowest BCUT2D eigenvalue weighted by Gasteiger charge is -2.23. The molecular weight excluding hydrogens is 652 g/mol. The number of nitrogen functional groups attached to an aromatic ring is 2. The third kappa shape index (κ3) is 6.01. The molecule has 24 heteroatoms. The first-order valence-electron chi connectivity index (χ1n) is 13.0. The third-order valence-electron chi connectivity index (χ3n) is 7.09. The maximum Gasteiger partial charge on any atom is 0.472 e. The first-order chi connectivity index (χ1) is 21.5. The number of aromatic nitrogens is 8. The Labute approximate surface area is 250 Å². The van der Waals surface area contributed by atoms with Crippen LogP contribution in [0.3, 0.4) is 0 Å². The molecule has 20 nitrogen and oxygen atoms in total. The van der Waals surface area contributed by atoms with E-state index in [4.69, 9.17) is 34.7 Å². The van der Waals surface area contributed by atoms with Gasteiger partial charge in [0.05, 0.1) is 25.9 Å². The fourth-order valence-corrected chi connectivity index (χ4v) is 6.36.